The van der Waals surface area contributed by atoms with Crippen LogP contribution in [0.25, 0.3) is 0 Å². The molecule has 3 N–H and O–H groups in total. The minimum absolute atomic E-state index is 0.0856. The van der Waals surface area contributed by atoms with E-state index in [-0.39, 0.29) is 9.91 Å². The van der Waals surface area contributed by atoms with Crippen molar-refractivity contribution in [2.75, 3.05) is 0 Å². The summed E-state index contributed by atoms with van der Waals surface area (Å²) < 4.78 is 0. The van der Waals surface area contributed by atoms with E-state index < -0.39 is 7.49 Å². The van der Waals surface area contributed by atoms with Crippen LogP contribution < -0.4 is 0 Å². The summed E-state index contributed by atoms with van der Waals surface area (Å²) in [6.07, 6.45) is 0. The fraction of sp³-hybridized carbons (Fsp3) is 0. The third kappa shape index (κ3) is 104. The molecular formula is H6O3PSi+. The minimum atomic E-state index is -3.25. The predicted molar refractivity (Wildman–Crippen MR) is 23.5 cm³/mol. The second kappa shape index (κ2) is 1.32. The molecule has 0 aromatic carbocycles. The molecule has 0 radical (unpaired) electrons. The predicted octanol–water partition coefficient (Wildman–Crippen LogP) is -1.99. The average Bonchev–Trinajstić information content (AvgIpc) is 0.722. The molecule has 0 aliphatic heterocycles. The smallest absolute Gasteiger partial charge is 0.206 e. The Labute approximate surface area is 33.1 Å². The first-order chi connectivity index (χ1) is 2.00. The second-order valence-corrected chi connectivity index (χ2v) is 6.20. The van der Waals surface area contributed by atoms with Gasteiger partial charge in [-0.2, -0.15) is 0 Å². The Bertz CT molecular complexity index is 22.4. The Morgan fingerprint density at radius 3 is 1.20 bits per heavy atom. The molecule has 0 aliphatic carbocycles. The summed E-state index contributed by atoms with van der Waals surface area (Å²) >= 11 is 0. The zero-order chi connectivity index (χ0) is 4.50. The molecule has 0 atom stereocenters. The van der Waals surface area contributed by atoms with Gasteiger partial charge >= 0.3 is 7.49 Å². The van der Waals surface area contributed by atoms with Gasteiger partial charge in [0.05, 0.1) is 0 Å². The van der Waals surface area contributed by atoms with Gasteiger partial charge in [-0.3, -0.25) is 0 Å². The van der Waals surface area contributed by atoms with Crippen LogP contribution in [-0.4, -0.2) is 24.6 Å². The highest BCUT2D eigenvalue weighted by Crippen LogP contribution is 2.36. The number of rotatable bonds is 0. The molecule has 0 fully saturated rings. The lowest BCUT2D eigenvalue weighted by Crippen LogP contribution is -1.81. The van der Waals surface area contributed by atoms with Gasteiger partial charge in [0, 0.05) is 0 Å². The first-order valence-electron chi connectivity index (χ1n) is 1.05. The van der Waals surface area contributed by atoms with E-state index in [1.54, 1.807) is 0 Å². The van der Waals surface area contributed by atoms with E-state index in [1.165, 1.54) is 0 Å². The fourth-order valence-electron chi connectivity index (χ4n) is 0. The van der Waals surface area contributed by atoms with Crippen molar-refractivity contribution in [3.63, 3.8) is 0 Å². The molecule has 0 rings (SSSR count). The van der Waals surface area contributed by atoms with Gasteiger partial charge in [0.1, 0.15) is 0 Å². The summed E-state index contributed by atoms with van der Waals surface area (Å²) in [6, 6.07) is 0. The number of hydrogen-bond acceptors (Lipinski definition) is 3. The first-order valence-corrected chi connectivity index (χ1v) is 5.82. The summed E-state index contributed by atoms with van der Waals surface area (Å²) in [6.45, 7) is 0. The number of hydrogen-bond donors (Lipinski definition) is 3. The molecule has 0 aliphatic rings. The van der Waals surface area contributed by atoms with Crippen molar-refractivity contribution in [1.82, 2.24) is 0 Å². The maximum atomic E-state index is 7.80. The molecule has 32 valence electrons. The van der Waals surface area contributed by atoms with E-state index in [1.807, 2.05) is 0 Å². The SMILES string of the molecule is O[P+](O)(O)[SiH3]. The molecule has 0 heterocycles. The monoisotopic (exact) mass is 113 g/mol. The zero-order valence-electron chi connectivity index (χ0n) is 2.79. The first kappa shape index (κ1) is 5.53. The maximum absolute atomic E-state index is 7.80. The van der Waals surface area contributed by atoms with Crippen LogP contribution >= 0.6 is 7.49 Å². The van der Waals surface area contributed by atoms with E-state index in [4.69, 9.17) is 14.7 Å². The van der Waals surface area contributed by atoms with Crippen LogP contribution in [-0.2, 0) is 0 Å². The fourth-order valence-corrected chi connectivity index (χ4v) is 0. The molecule has 0 aromatic heterocycles. The normalized spacial score (nSPS) is 12.6. The van der Waals surface area contributed by atoms with Gasteiger partial charge in [0.2, 0.25) is 0 Å². The molecule has 0 unspecified atom stereocenters. The van der Waals surface area contributed by atoms with E-state index in [2.05, 4.69) is 0 Å². The van der Waals surface area contributed by atoms with Gasteiger partial charge in [0.15, 0.2) is 0 Å². The lowest BCUT2D eigenvalue weighted by molar-refractivity contribution is 0.356. The average molecular weight is 113 g/mol. The van der Waals surface area contributed by atoms with Crippen LogP contribution in [0.3, 0.4) is 0 Å². The molecule has 0 bridgehead atoms. The van der Waals surface area contributed by atoms with E-state index in [0.717, 1.165) is 0 Å². The van der Waals surface area contributed by atoms with Gasteiger partial charge in [-0.05, 0) is 0 Å². The highest BCUT2D eigenvalue weighted by Gasteiger charge is 2.15. The topological polar surface area (TPSA) is 60.7 Å². The summed E-state index contributed by atoms with van der Waals surface area (Å²) in [5.74, 6) is 0. The minimum Gasteiger partial charge on any atom is -0.206 e. The van der Waals surface area contributed by atoms with Crippen LogP contribution in [0.4, 0.5) is 0 Å². The van der Waals surface area contributed by atoms with Crippen LogP contribution in [0, 0.1) is 0 Å². The van der Waals surface area contributed by atoms with Crippen molar-refractivity contribution in [3.8, 4) is 0 Å². The Kier molecular flexibility index (Phi) is 1.46. The molecule has 0 saturated carbocycles. The second-order valence-electron chi connectivity index (χ2n) is 0.868. The van der Waals surface area contributed by atoms with Crippen LogP contribution in [0.1, 0.15) is 0 Å². The Morgan fingerprint density at radius 1 is 1.20 bits per heavy atom. The largest absolute Gasteiger partial charge is 0.334 e. The molecule has 0 saturated heterocycles. The van der Waals surface area contributed by atoms with Crippen molar-refractivity contribution in [2.24, 2.45) is 0 Å². The quantitative estimate of drug-likeness (QED) is 0.252. The van der Waals surface area contributed by atoms with Gasteiger partial charge in [-0.25, -0.2) is 14.7 Å². The van der Waals surface area contributed by atoms with Crippen LogP contribution in [0.2, 0.25) is 0 Å². The molecule has 0 aromatic rings. The lowest BCUT2D eigenvalue weighted by atomic mass is 15.8. The van der Waals surface area contributed by atoms with E-state index >= 15 is 0 Å². The van der Waals surface area contributed by atoms with Crippen molar-refractivity contribution < 1.29 is 14.7 Å². The van der Waals surface area contributed by atoms with Crippen molar-refractivity contribution in [2.45, 2.75) is 0 Å². The van der Waals surface area contributed by atoms with Crippen molar-refractivity contribution in [3.05, 3.63) is 0 Å². The van der Waals surface area contributed by atoms with E-state index in [9.17, 15) is 0 Å². The summed E-state index contributed by atoms with van der Waals surface area (Å²) in [5, 5.41) is 0. The molecule has 3 nitrogen and oxygen atoms in total. The van der Waals surface area contributed by atoms with Gasteiger partial charge in [0.25, 0.3) is 9.91 Å². The maximum Gasteiger partial charge on any atom is 0.334 e. The summed E-state index contributed by atoms with van der Waals surface area (Å²) in [5.41, 5.74) is 0. The Hall–Kier alpha value is 0.527. The van der Waals surface area contributed by atoms with Gasteiger partial charge in [-0.15, -0.1) is 0 Å². The van der Waals surface area contributed by atoms with Crippen LogP contribution in [0.15, 0.2) is 0 Å². The van der Waals surface area contributed by atoms with Crippen molar-refractivity contribution in [1.29, 1.82) is 0 Å². The van der Waals surface area contributed by atoms with Crippen molar-refractivity contribution >= 4 is 17.4 Å². The van der Waals surface area contributed by atoms with E-state index in [0.29, 0.717) is 0 Å². The zero-order valence-corrected chi connectivity index (χ0v) is 5.68. The molecule has 5 heteroatoms. The molecule has 5 heavy (non-hydrogen) atoms. The van der Waals surface area contributed by atoms with Crippen LogP contribution in [0.5, 0.6) is 0 Å². The molecule has 0 spiro atoms. The van der Waals surface area contributed by atoms with Gasteiger partial charge in [-0.1, -0.05) is 0 Å². The Morgan fingerprint density at radius 2 is 1.20 bits per heavy atom. The third-order valence-electron chi connectivity index (χ3n) is 0. The summed E-state index contributed by atoms with van der Waals surface area (Å²) in [4.78, 5) is 23.4. The standard InChI is InChI=1S/H6O3PSi/c1-4(2,3)5/h1-3H,5H3/q+1. The highest BCUT2D eigenvalue weighted by atomic mass is 31.5. The third-order valence-corrected chi connectivity index (χ3v) is 0. The lowest BCUT2D eigenvalue weighted by Gasteiger charge is -1.90. The molecule has 0 amide bonds. The summed E-state index contributed by atoms with van der Waals surface area (Å²) in [7, 11) is -3.16. The van der Waals surface area contributed by atoms with Gasteiger partial charge < -0.3 is 0 Å². The molecular weight excluding hydrogens is 107 g/mol. The highest BCUT2D eigenvalue weighted by molar-refractivity contribution is 7.83. The Balaban J connectivity index is 3.02.